The number of rotatable bonds is 7. The van der Waals surface area contributed by atoms with Gasteiger partial charge in [0.25, 0.3) is 0 Å². The van der Waals surface area contributed by atoms with Crippen LogP contribution in [0.2, 0.25) is 0 Å². The van der Waals surface area contributed by atoms with Crippen LogP contribution in [0.15, 0.2) is 78.9 Å². The third-order valence-electron chi connectivity index (χ3n) is 6.25. The minimum Gasteiger partial charge on any atom is -0.406 e. The molecule has 13 heteroatoms. The first-order chi connectivity index (χ1) is 18.0. The first-order valence-corrected chi connectivity index (χ1v) is 11.3. The van der Waals surface area contributed by atoms with Crippen LogP contribution in [-0.4, -0.2) is 42.6 Å². The molecule has 4 rings (SSSR count). The lowest BCUT2D eigenvalue weighted by Crippen LogP contribution is -2.49. The maximum absolute atomic E-state index is 14.5. The monoisotopic (exact) mass is 567 g/mol. The van der Waals surface area contributed by atoms with Crippen molar-refractivity contribution in [1.29, 1.82) is 0 Å². The minimum absolute atomic E-state index is 0.203. The summed E-state index contributed by atoms with van der Waals surface area (Å²) >= 11 is 0. The van der Waals surface area contributed by atoms with E-state index in [4.69, 9.17) is 0 Å². The standard InChI is InChI=1S/C26H19F10NO2/c27-23(28)15-37(16-24(23,29)30)22(14-17-6-2-1-3-7-17,18-8-4-10-20(12-18)38-25(31,32)33)19-9-5-11-21(13-19)39-26(34,35)36/h1-13H,14-16H2. The molecule has 1 saturated heterocycles. The Morgan fingerprint density at radius 3 is 1.46 bits per heavy atom. The number of hydrogen-bond donors (Lipinski definition) is 0. The van der Waals surface area contributed by atoms with E-state index < -0.39 is 54.7 Å². The number of alkyl halides is 10. The fourth-order valence-corrected chi connectivity index (χ4v) is 4.68. The lowest BCUT2D eigenvalue weighted by Gasteiger charge is -2.43. The predicted octanol–water partition coefficient (Wildman–Crippen LogP) is 7.56. The van der Waals surface area contributed by atoms with Crippen LogP contribution in [0, 0.1) is 0 Å². The molecule has 0 aliphatic carbocycles. The Balaban J connectivity index is 1.99. The van der Waals surface area contributed by atoms with Crippen LogP contribution in [0.1, 0.15) is 16.7 Å². The molecule has 0 bridgehead atoms. The molecule has 1 fully saturated rings. The second-order valence-electron chi connectivity index (χ2n) is 8.94. The summed E-state index contributed by atoms with van der Waals surface area (Å²) in [5.41, 5.74) is -2.14. The van der Waals surface area contributed by atoms with Crippen molar-refractivity contribution in [1.82, 2.24) is 4.90 Å². The summed E-state index contributed by atoms with van der Waals surface area (Å²) in [6, 6.07) is 15.9. The molecule has 3 nitrogen and oxygen atoms in total. The highest BCUT2D eigenvalue weighted by Crippen LogP contribution is 2.50. The maximum Gasteiger partial charge on any atom is 0.573 e. The van der Waals surface area contributed by atoms with Gasteiger partial charge in [0.15, 0.2) is 0 Å². The highest BCUT2D eigenvalue weighted by atomic mass is 19.4. The van der Waals surface area contributed by atoms with Gasteiger partial charge in [-0.1, -0.05) is 54.6 Å². The van der Waals surface area contributed by atoms with Crippen molar-refractivity contribution in [3.63, 3.8) is 0 Å². The molecular formula is C26H19F10NO2. The molecule has 0 unspecified atom stereocenters. The summed E-state index contributed by atoms with van der Waals surface area (Å²) in [5.74, 6) is -10.7. The van der Waals surface area contributed by atoms with Gasteiger partial charge in [-0.15, -0.1) is 26.3 Å². The normalized spacial score (nSPS) is 17.7. The Hall–Kier alpha value is -3.48. The molecule has 3 aromatic carbocycles. The zero-order valence-electron chi connectivity index (χ0n) is 19.7. The van der Waals surface area contributed by atoms with Gasteiger partial charge in [-0.3, -0.25) is 4.90 Å². The molecule has 0 atom stereocenters. The molecule has 1 aliphatic heterocycles. The third-order valence-corrected chi connectivity index (χ3v) is 6.25. The molecule has 0 saturated carbocycles. The number of ether oxygens (including phenoxy) is 2. The van der Waals surface area contributed by atoms with Crippen LogP contribution in [0.4, 0.5) is 43.9 Å². The van der Waals surface area contributed by atoms with E-state index >= 15 is 0 Å². The molecule has 0 aromatic heterocycles. The smallest absolute Gasteiger partial charge is 0.406 e. The van der Waals surface area contributed by atoms with Crippen LogP contribution < -0.4 is 9.47 Å². The van der Waals surface area contributed by atoms with Crippen molar-refractivity contribution >= 4 is 0 Å². The van der Waals surface area contributed by atoms with Gasteiger partial charge >= 0.3 is 24.6 Å². The van der Waals surface area contributed by atoms with Crippen molar-refractivity contribution in [2.45, 2.75) is 36.5 Å². The zero-order valence-corrected chi connectivity index (χ0v) is 19.7. The number of hydrogen-bond acceptors (Lipinski definition) is 3. The highest BCUT2D eigenvalue weighted by Gasteiger charge is 2.66. The zero-order chi connectivity index (χ0) is 28.7. The molecular weight excluding hydrogens is 548 g/mol. The fraction of sp³-hybridized carbons (Fsp3) is 0.308. The van der Waals surface area contributed by atoms with Crippen molar-refractivity contribution in [3.8, 4) is 11.5 Å². The largest absolute Gasteiger partial charge is 0.573 e. The molecule has 0 N–H and O–H groups in total. The van der Waals surface area contributed by atoms with Crippen molar-refractivity contribution in [2.24, 2.45) is 0 Å². The fourth-order valence-electron chi connectivity index (χ4n) is 4.68. The van der Waals surface area contributed by atoms with E-state index in [2.05, 4.69) is 9.47 Å². The maximum atomic E-state index is 14.5. The van der Waals surface area contributed by atoms with Crippen LogP contribution in [-0.2, 0) is 12.0 Å². The lowest BCUT2D eigenvalue weighted by molar-refractivity contribution is -0.275. The van der Waals surface area contributed by atoms with E-state index in [-0.39, 0.29) is 17.5 Å². The van der Waals surface area contributed by atoms with E-state index in [9.17, 15) is 43.9 Å². The SMILES string of the molecule is FC(F)(F)Oc1cccc(C(Cc2ccccc2)(c2cccc(OC(F)(F)F)c2)N2CC(F)(F)C(F)(F)C2)c1. The second-order valence-corrected chi connectivity index (χ2v) is 8.94. The van der Waals surface area contributed by atoms with E-state index in [1.54, 1.807) is 18.2 Å². The van der Waals surface area contributed by atoms with Crippen molar-refractivity contribution in [3.05, 3.63) is 95.6 Å². The van der Waals surface area contributed by atoms with E-state index in [1.807, 2.05) is 0 Å². The van der Waals surface area contributed by atoms with Gasteiger partial charge in [0, 0.05) is 0 Å². The lowest BCUT2D eigenvalue weighted by atomic mass is 9.76. The Morgan fingerprint density at radius 1 is 0.615 bits per heavy atom. The summed E-state index contributed by atoms with van der Waals surface area (Å²) in [7, 11) is 0. The molecule has 1 heterocycles. The van der Waals surface area contributed by atoms with Gasteiger partial charge in [-0.2, -0.15) is 17.6 Å². The Labute approximate surface area is 215 Å². The van der Waals surface area contributed by atoms with E-state index in [0.29, 0.717) is 10.5 Å². The van der Waals surface area contributed by atoms with Gasteiger partial charge in [-0.25, -0.2) is 0 Å². The minimum atomic E-state index is -5.14. The molecule has 39 heavy (non-hydrogen) atoms. The summed E-state index contributed by atoms with van der Waals surface area (Å²) < 4.78 is 144. The molecule has 210 valence electrons. The second kappa shape index (κ2) is 9.92. The first kappa shape index (κ1) is 28.5. The Morgan fingerprint density at radius 2 is 1.05 bits per heavy atom. The van der Waals surface area contributed by atoms with Crippen LogP contribution >= 0.6 is 0 Å². The summed E-state index contributed by atoms with van der Waals surface area (Å²) in [6.07, 6.45) is -10.7. The number of benzene rings is 3. The third kappa shape index (κ3) is 6.23. The van der Waals surface area contributed by atoms with Crippen LogP contribution in [0.25, 0.3) is 0 Å². The quantitative estimate of drug-likeness (QED) is 0.275. The van der Waals surface area contributed by atoms with Gasteiger partial charge in [0.05, 0.1) is 18.6 Å². The molecule has 0 spiro atoms. The predicted molar refractivity (Wildman–Crippen MR) is 119 cm³/mol. The van der Waals surface area contributed by atoms with Gasteiger partial charge in [0.1, 0.15) is 11.5 Å². The molecule has 0 radical (unpaired) electrons. The van der Waals surface area contributed by atoms with E-state index in [1.165, 1.54) is 24.3 Å². The van der Waals surface area contributed by atoms with Crippen molar-refractivity contribution < 1.29 is 53.4 Å². The summed E-state index contributed by atoms with van der Waals surface area (Å²) in [4.78, 5) is 0.666. The molecule has 3 aromatic rings. The van der Waals surface area contributed by atoms with Gasteiger partial charge < -0.3 is 9.47 Å². The first-order valence-electron chi connectivity index (χ1n) is 11.3. The summed E-state index contributed by atoms with van der Waals surface area (Å²) in [6.45, 7) is -3.08. The average molecular weight is 567 g/mol. The number of nitrogens with zero attached hydrogens (tertiary/aromatic N) is 1. The highest BCUT2D eigenvalue weighted by molar-refractivity contribution is 5.47. The Kier molecular flexibility index (Phi) is 7.26. The van der Waals surface area contributed by atoms with Gasteiger partial charge in [-0.05, 0) is 47.4 Å². The molecule has 0 amide bonds. The average Bonchev–Trinajstić information content (AvgIpc) is 3.03. The number of halogens is 10. The van der Waals surface area contributed by atoms with Crippen LogP contribution in [0.5, 0.6) is 11.5 Å². The van der Waals surface area contributed by atoms with Gasteiger partial charge in [0.2, 0.25) is 0 Å². The topological polar surface area (TPSA) is 21.7 Å². The van der Waals surface area contributed by atoms with Crippen LogP contribution in [0.3, 0.4) is 0 Å². The van der Waals surface area contributed by atoms with E-state index in [0.717, 1.165) is 36.4 Å². The summed E-state index contributed by atoms with van der Waals surface area (Å²) in [5, 5.41) is 0. The van der Waals surface area contributed by atoms with Crippen molar-refractivity contribution in [2.75, 3.05) is 13.1 Å². The molecule has 1 aliphatic rings. The number of likely N-dealkylation sites (tertiary alicyclic amines) is 1. The Bertz CT molecular complexity index is 1220.